The molecule has 1 fully saturated rings. The quantitative estimate of drug-likeness (QED) is 0.880. The maximum atomic E-state index is 11.8. The van der Waals surface area contributed by atoms with Crippen molar-refractivity contribution >= 4 is 22.0 Å². The Bertz CT molecular complexity index is 613. The summed E-state index contributed by atoms with van der Waals surface area (Å²) in [7, 11) is 0. The Balaban J connectivity index is 1.91. The molecule has 1 amide bonds. The predicted molar refractivity (Wildman–Crippen MR) is 85.7 cm³/mol. The van der Waals surface area contributed by atoms with Crippen molar-refractivity contribution in [2.45, 2.75) is 44.8 Å². The van der Waals surface area contributed by atoms with Crippen LogP contribution in [0, 0.1) is 11.3 Å². The molecule has 5 nitrogen and oxygen atoms in total. The molecule has 0 atom stereocenters. The molecule has 1 N–H and O–H groups in total. The lowest BCUT2D eigenvalue weighted by Crippen LogP contribution is -2.44. The van der Waals surface area contributed by atoms with Crippen LogP contribution in [0.1, 0.15) is 39.2 Å². The van der Waals surface area contributed by atoms with Crippen molar-refractivity contribution in [3.63, 3.8) is 0 Å². The fourth-order valence-electron chi connectivity index (χ4n) is 1.88. The van der Waals surface area contributed by atoms with Gasteiger partial charge in [0.2, 0.25) is 0 Å². The average molecular weight is 367 g/mol. The van der Waals surface area contributed by atoms with Gasteiger partial charge in [-0.3, -0.25) is 0 Å². The van der Waals surface area contributed by atoms with E-state index in [0.717, 1.165) is 17.3 Å². The number of alkyl carbamates (subject to hydrolysis) is 1. The number of rotatable bonds is 4. The lowest BCUT2D eigenvalue weighted by atomic mass is 10.2. The summed E-state index contributed by atoms with van der Waals surface area (Å²) in [5.74, 6) is 0.649. The SMILES string of the molecule is CC(C)(C)OC(=O)NC1(COc2ccc(C#N)cc2Br)CC1. The molecule has 1 aliphatic carbocycles. The maximum Gasteiger partial charge on any atom is 0.408 e. The Labute approximate surface area is 138 Å². The van der Waals surface area contributed by atoms with Gasteiger partial charge in [-0.2, -0.15) is 5.26 Å². The number of carbonyl (C=O) groups excluding carboxylic acids is 1. The number of benzene rings is 1. The molecule has 0 radical (unpaired) electrons. The first-order valence-corrected chi connectivity index (χ1v) is 7.86. The topological polar surface area (TPSA) is 71.3 Å². The fraction of sp³-hybridized carbons (Fsp3) is 0.500. The highest BCUT2D eigenvalue weighted by Gasteiger charge is 2.46. The third-order valence-electron chi connectivity index (χ3n) is 3.18. The molecule has 0 aliphatic heterocycles. The lowest BCUT2D eigenvalue weighted by Gasteiger charge is -2.23. The van der Waals surface area contributed by atoms with Crippen molar-refractivity contribution in [1.29, 1.82) is 5.26 Å². The van der Waals surface area contributed by atoms with Crippen LogP contribution in [0.2, 0.25) is 0 Å². The summed E-state index contributed by atoms with van der Waals surface area (Å²) in [6.45, 7) is 5.86. The summed E-state index contributed by atoms with van der Waals surface area (Å²) in [6.07, 6.45) is 1.30. The van der Waals surface area contributed by atoms with Gasteiger partial charge in [-0.05, 0) is 67.7 Å². The number of hydrogen-bond donors (Lipinski definition) is 1. The summed E-state index contributed by atoms with van der Waals surface area (Å²) in [4.78, 5) is 11.8. The molecule has 118 valence electrons. The molecule has 1 aromatic rings. The van der Waals surface area contributed by atoms with Gasteiger partial charge in [-0.1, -0.05) is 0 Å². The van der Waals surface area contributed by atoms with E-state index in [1.807, 2.05) is 20.8 Å². The van der Waals surface area contributed by atoms with Gasteiger partial charge in [0, 0.05) is 0 Å². The first kappa shape index (κ1) is 16.6. The largest absolute Gasteiger partial charge is 0.490 e. The third kappa shape index (κ3) is 4.63. The van der Waals surface area contributed by atoms with Crippen LogP contribution < -0.4 is 10.1 Å². The van der Waals surface area contributed by atoms with Crippen LogP contribution in [0.15, 0.2) is 22.7 Å². The zero-order valence-corrected chi connectivity index (χ0v) is 14.5. The maximum absolute atomic E-state index is 11.8. The van der Waals surface area contributed by atoms with Crippen LogP contribution in [-0.4, -0.2) is 23.8 Å². The van der Waals surface area contributed by atoms with Gasteiger partial charge in [0.1, 0.15) is 18.0 Å². The first-order chi connectivity index (χ1) is 10.2. The van der Waals surface area contributed by atoms with Crippen LogP contribution in [0.5, 0.6) is 5.75 Å². The third-order valence-corrected chi connectivity index (χ3v) is 3.80. The van der Waals surface area contributed by atoms with Crippen molar-refractivity contribution < 1.29 is 14.3 Å². The highest BCUT2D eigenvalue weighted by atomic mass is 79.9. The van der Waals surface area contributed by atoms with Crippen LogP contribution in [0.25, 0.3) is 0 Å². The van der Waals surface area contributed by atoms with E-state index < -0.39 is 11.7 Å². The van der Waals surface area contributed by atoms with Gasteiger partial charge < -0.3 is 14.8 Å². The van der Waals surface area contributed by atoms with Gasteiger partial charge in [0.05, 0.1) is 21.6 Å². The monoisotopic (exact) mass is 366 g/mol. The highest BCUT2D eigenvalue weighted by molar-refractivity contribution is 9.10. The number of amides is 1. The second-order valence-corrected chi connectivity index (χ2v) is 7.31. The number of nitriles is 1. The molecule has 0 heterocycles. The molecule has 22 heavy (non-hydrogen) atoms. The molecule has 1 aromatic carbocycles. The van der Waals surface area contributed by atoms with E-state index in [9.17, 15) is 4.79 Å². The molecule has 0 spiro atoms. The molecule has 0 unspecified atom stereocenters. The lowest BCUT2D eigenvalue weighted by molar-refractivity contribution is 0.0477. The predicted octanol–water partition coefficient (Wildman–Crippen LogP) is 3.76. The van der Waals surface area contributed by atoms with Gasteiger partial charge in [0.15, 0.2) is 0 Å². The second-order valence-electron chi connectivity index (χ2n) is 6.45. The first-order valence-electron chi connectivity index (χ1n) is 7.07. The summed E-state index contributed by atoms with van der Waals surface area (Å²) >= 11 is 3.38. The van der Waals surface area contributed by atoms with Gasteiger partial charge in [0.25, 0.3) is 0 Å². The van der Waals surface area contributed by atoms with Crippen molar-refractivity contribution in [3.8, 4) is 11.8 Å². The van der Waals surface area contributed by atoms with Crippen molar-refractivity contribution in [3.05, 3.63) is 28.2 Å². The zero-order chi connectivity index (χ0) is 16.4. The van der Waals surface area contributed by atoms with E-state index >= 15 is 0 Å². The molecule has 0 bridgehead atoms. The van der Waals surface area contributed by atoms with Gasteiger partial charge in [-0.15, -0.1) is 0 Å². The Morgan fingerprint density at radius 1 is 1.45 bits per heavy atom. The number of halogens is 1. The van der Waals surface area contributed by atoms with E-state index in [4.69, 9.17) is 14.7 Å². The molecular formula is C16H19BrN2O3. The Kier molecular flexibility index (Phi) is 4.66. The molecule has 1 saturated carbocycles. The minimum Gasteiger partial charge on any atom is -0.490 e. The minimum atomic E-state index is -0.517. The van der Waals surface area contributed by atoms with Crippen LogP contribution in [-0.2, 0) is 4.74 Å². The number of nitrogens with one attached hydrogen (secondary N) is 1. The summed E-state index contributed by atoms with van der Waals surface area (Å²) in [5.41, 5.74) is -0.306. The molecule has 2 rings (SSSR count). The van der Waals surface area contributed by atoms with Crippen LogP contribution >= 0.6 is 15.9 Å². The van der Waals surface area contributed by atoms with E-state index in [-0.39, 0.29) is 5.54 Å². The van der Waals surface area contributed by atoms with E-state index in [2.05, 4.69) is 27.3 Å². The number of carbonyl (C=O) groups is 1. The zero-order valence-electron chi connectivity index (χ0n) is 12.9. The van der Waals surface area contributed by atoms with E-state index in [1.165, 1.54) is 0 Å². The Hall–Kier alpha value is -1.74. The fourth-order valence-corrected chi connectivity index (χ4v) is 2.37. The van der Waals surface area contributed by atoms with Crippen molar-refractivity contribution in [2.75, 3.05) is 6.61 Å². The van der Waals surface area contributed by atoms with Crippen LogP contribution in [0.3, 0.4) is 0 Å². The molecule has 0 aromatic heterocycles. The summed E-state index contributed by atoms with van der Waals surface area (Å²) < 4.78 is 11.8. The number of ether oxygens (including phenoxy) is 2. The minimum absolute atomic E-state index is 0.352. The Morgan fingerprint density at radius 3 is 2.64 bits per heavy atom. The smallest absolute Gasteiger partial charge is 0.408 e. The second kappa shape index (κ2) is 6.17. The summed E-state index contributed by atoms with van der Waals surface area (Å²) in [6, 6.07) is 7.21. The van der Waals surface area contributed by atoms with E-state index in [1.54, 1.807) is 18.2 Å². The summed E-state index contributed by atoms with van der Waals surface area (Å²) in [5, 5.41) is 11.7. The van der Waals surface area contributed by atoms with Crippen LogP contribution in [0.4, 0.5) is 4.79 Å². The number of hydrogen-bond acceptors (Lipinski definition) is 4. The van der Waals surface area contributed by atoms with Crippen molar-refractivity contribution in [2.24, 2.45) is 0 Å². The average Bonchev–Trinajstić information content (AvgIpc) is 3.14. The standard InChI is InChI=1S/C16H19BrN2O3/c1-15(2,3)22-14(20)19-16(6-7-16)10-21-13-5-4-11(9-18)8-12(13)17/h4-5,8H,6-7,10H2,1-3H3,(H,19,20). The number of nitrogens with zero attached hydrogens (tertiary/aromatic N) is 1. The molecule has 0 saturated heterocycles. The molecular weight excluding hydrogens is 348 g/mol. The molecule has 1 aliphatic rings. The molecule has 6 heteroatoms. The van der Waals surface area contributed by atoms with Gasteiger partial charge in [-0.25, -0.2) is 4.79 Å². The van der Waals surface area contributed by atoms with Gasteiger partial charge >= 0.3 is 6.09 Å². The Morgan fingerprint density at radius 2 is 2.14 bits per heavy atom. The van der Waals surface area contributed by atoms with Crippen molar-refractivity contribution in [1.82, 2.24) is 5.32 Å². The normalized spacial score (nSPS) is 15.6. The highest BCUT2D eigenvalue weighted by Crippen LogP contribution is 2.37. The van der Waals surface area contributed by atoms with E-state index in [0.29, 0.717) is 17.9 Å².